The summed E-state index contributed by atoms with van der Waals surface area (Å²) in [5.41, 5.74) is 3.96. The van der Waals surface area contributed by atoms with Crippen LogP contribution in [0.2, 0.25) is 0 Å². The Balaban J connectivity index is 1.34. The van der Waals surface area contributed by atoms with E-state index in [4.69, 9.17) is 4.42 Å². The minimum absolute atomic E-state index is 0.0998. The van der Waals surface area contributed by atoms with E-state index in [0.29, 0.717) is 18.5 Å². The number of nitrogens with one attached hydrogen (secondary N) is 1. The summed E-state index contributed by atoms with van der Waals surface area (Å²) in [6, 6.07) is 4.05. The molecule has 2 aromatic heterocycles. The lowest BCUT2D eigenvalue weighted by atomic mass is 9.96. The van der Waals surface area contributed by atoms with Crippen LogP contribution in [0.3, 0.4) is 0 Å². The number of hydrogen-bond acceptors (Lipinski definition) is 6. The molecule has 0 spiro atoms. The molecular formula is C20H23N5O5. The smallest absolute Gasteiger partial charge is 0.407 e. The van der Waals surface area contributed by atoms with Crippen molar-refractivity contribution in [1.82, 2.24) is 19.7 Å². The highest BCUT2D eigenvalue weighted by Crippen LogP contribution is 2.23. The van der Waals surface area contributed by atoms with Crippen LogP contribution >= 0.6 is 0 Å². The Bertz CT molecular complexity index is 1170. The SMILES string of the molecule is Cn1nc2c(c1CNC(=O)CCCn1c(=O)oc3cc([N+](=O)[O-])ccc31)CCCC2. The van der Waals surface area contributed by atoms with Gasteiger partial charge in [-0.25, -0.2) is 4.79 Å². The van der Waals surface area contributed by atoms with E-state index >= 15 is 0 Å². The molecular weight excluding hydrogens is 390 g/mol. The Morgan fingerprint density at radius 3 is 2.93 bits per heavy atom. The van der Waals surface area contributed by atoms with Gasteiger partial charge < -0.3 is 9.73 Å². The first-order chi connectivity index (χ1) is 14.4. The Kier molecular flexibility index (Phi) is 5.39. The number of carbonyl (C=O) groups excluding carboxylic acids is 1. The summed E-state index contributed by atoms with van der Waals surface area (Å²) in [6.07, 6.45) is 5.01. The molecule has 0 unspecified atom stereocenters. The van der Waals surface area contributed by atoms with Crippen molar-refractivity contribution < 1.29 is 14.1 Å². The van der Waals surface area contributed by atoms with Crippen molar-refractivity contribution in [3.8, 4) is 0 Å². The second-order valence-corrected chi connectivity index (χ2v) is 7.51. The molecule has 0 fully saturated rings. The van der Waals surface area contributed by atoms with Gasteiger partial charge in [-0.15, -0.1) is 0 Å². The molecule has 2 heterocycles. The van der Waals surface area contributed by atoms with Crippen LogP contribution in [0.1, 0.15) is 42.6 Å². The van der Waals surface area contributed by atoms with Gasteiger partial charge >= 0.3 is 5.76 Å². The summed E-state index contributed by atoms with van der Waals surface area (Å²) in [5, 5.41) is 18.4. The summed E-state index contributed by atoms with van der Waals surface area (Å²) in [5.74, 6) is -0.690. The average Bonchev–Trinajstić information content (AvgIpc) is 3.21. The fraction of sp³-hybridized carbons (Fsp3) is 0.450. The lowest BCUT2D eigenvalue weighted by molar-refractivity contribution is -0.384. The van der Waals surface area contributed by atoms with Gasteiger partial charge in [-0.1, -0.05) is 0 Å². The average molecular weight is 413 g/mol. The first kappa shape index (κ1) is 19.9. The highest BCUT2D eigenvalue weighted by Gasteiger charge is 2.19. The van der Waals surface area contributed by atoms with Gasteiger partial charge in [0.1, 0.15) is 0 Å². The molecule has 10 nitrogen and oxygen atoms in total. The van der Waals surface area contributed by atoms with Crippen molar-refractivity contribution >= 4 is 22.7 Å². The van der Waals surface area contributed by atoms with Crippen LogP contribution in [0.4, 0.5) is 5.69 Å². The normalized spacial score (nSPS) is 13.4. The molecule has 30 heavy (non-hydrogen) atoms. The van der Waals surface area contributed by atoms with Crippen LogP contribution in [0.15, 0.2) is 27.4 Å². The van der Waals surface area contributed by atoms with Crippen molar-refractivity contribution in [2.45, 2.75) is 51.6 Å². The summed E-state index contributed by atoms with van der Waals surface area (Å²) in [7, 11) is 1.90. The van der Waals surface area contributed by atoms with Gasteiger partial charge in [0.25, 0.3) is 5.69 Å². The minimum atomic E-state index is -0.590. The van der Waals surface area contributed by atoms with Gasteiger partial charge in [-0.05, 0) is 43.7 Å². The van der Waals surface area contributed by atoms with E-state index in [-0.39, 0.29) is 30.1 Å². The molecule has 1 aliphatic carbocycles. The Labute approximate surface area is 171 Å². The van der Waals surface area contributed by atoms with E-state index in [1.54, 1.807) is 0 Å². The van der Waals surface area contributed by atoms with E-state index in [0.717, 1.165) is 37.1 Å². The maximum Gasteiger partial charge on any atom is 0.419 e. The van der Waals surface area contributed by atoms with E-state index in [9.17, 15) is 19.7 Å². The molecule has 0 atom stereocenters. The zero-order valence-corrected chi connectivity index (χ0v) is 16.7. The number of non-ortho nitro benzene ring substituents is 1. The monoisotopic (exact) mass is 413 g/mol. The molecule has 10 heteroatoms. The number of carbonyl (C=O) groups is 1. The van der Waals surface area contributed by atoms with E-state index in [1.807, 2.05) is 11.7 Å². The van der Waals surface area contributed by atoms with Crippen molar-refractivity contribution in [1.29, 1.82) is 0 Å². The number of nitro benzene ring substituents is 1. The molecule has 0 bridgehead atoms. The Hall–Kier alpha value is -3.43. The number of oxazole rings is 1. The number of fused-ring (bicyclic) bond motifs is 2. The van der Waals surface area contributed by atoms with Crippen LogP contribution in [0.5, 0.6) is 0 Å². The lowest BCUT2D eigenvalue weighted by Crippen LogP contribution is -2.25. The van der Waals surface area contributed by atoms with Gasteiger partial charge in [0.2, 0.25) is 5.91 Å². The first-order valence-electron chi connectivity index (χ1n) is 10.0. The number of nitrogens with zero attached hydrogens (tertiary/aromatic N) is 4. The largest absolute Gasteiger partial charge is 0.419 e. The first-order valence-corrected chi connectivity index (χ1v) is 10.0. The van der Waals surface area contributed by atoms with Crippen LogP contribution in [-0.4, -0.2) is 25.2 Å². The zero-order valence-electron chi connectivity index (χ0n) is 16.7. The Morgan fingerprint density at radius 2 is 2.13 bits per heavy atom. The van der Waals surface area contributed by atoms with Crippen molar-refractivity contribution in [3.05, 3.63) is 55.8 Å². The highest BCUT2D eigenvalue weighted by molar-refractivity contribution is 5.76. The quantitative estimate of drug-likeness (QED) is 0.468. The molecule has 1 aromatic carbocycles. The number of benzene rings is 1. The molecule has 1 amide bonds. The zero-order chi connectivity index (χ0) is 21.3. The van der Waals surface area contributed by atoms with E-state index in [2.05, 4.69) is 10.4 Å². The maximum atomic E-state index is 12.3. The summed E-state index contributed by atoms with van der Waals surface area (Å²) in [4.78, 5) is 34.7. The lowest BCUT2D eigenvalue weighted by Gasteiger charge is -2.12. The number of hydrogen-bond donors (Lipinski definition) is 1. The molecule has 158 valence electrons. The van der Waals surface area contributed by atoms with Crippen molar-refractivity contribution in [2.75, 3.05) is 0 Å². The van der Waals surface area contributed by atoms with E-state index < -0.39 is 10.7 Å². The third-order valence-corrected chi connectivity index (χ3v) is 5.55. The molecule has 0 aliphatic heterocycles. The van der Waals surface area contributed by atoms with Crippen LogP contribution < -0.4 is 11.1 Å². The second-order valence-electron chi connectivity index (χ2n) is 7.51. The topological polar surface area (TPSA) is 125 Å². The summed E-state index contributed by atoms with van der Waals surface area (Å²) < 4.78 is 8.35. The molecule has 3 aromatic rings. The summed E-state index contributed by atoms with van der Waals surface area (Å²) >= 11 is 0. The second kappa shape index (κ2) is 8.13. The van der Waals surface area contributed by atoms with Gasteiger partial charge in [0.05, 0.1) is 34.4 Å². The number of nitro groups is 1. The molecule has 1 N–H and O–H groups in total. The number of aryl methyl sites for hydroxylation is 3. The molecule has 0 radical (unpaired) electrons. The van der Waals surface area contributed by atoms with Crippen LogP contribution in [0.25, 0.3) is 11.1 Å². The fourth-order valence-corrected chi connectivity index (χ4v) is 4.02. The maximum absolute atomic E-state index is 12.3. The Morgan fingerprint density at radius 1 is 1.33 bits per heavy atom. The summed E-state index contributed by atoms with van der Waals surface area (Å²) in [6.45, 7) is 0.730. The minimum Gasteiger partial charge on any atom is -0.407 e. The van der Waals surface area contributed by atoms with Gasteiger partial charge in [-0.2, -0.15) is 5.10 Å². The van der Waals surface area contributed by atoms with Crippen molar-refractivity contribution in [2.24, 2.45) is 7.05 Å². The van der Waals surface area contributed by atoms with Gasteiger partial charge in [0.15, 0.2) is 5.58 Å². The van der Waals surface area contributed by atoms with Crippen molar-refractivity contribution in [3.63, 3.8) is 0 Å². The predicted molar refractivity (Wildman–Crippen MR) is 108 cm³/mol. The van der Waals surface area contributed by atoms with Gasteiger partial charge in [-0.3, -0.25) is 24.2 Å². The third kappa shape index (κ3) is 3.85. The molecule has 1 aliphatic rings. The van der Waals surface area contributed by atoms with Crippen LogP contribution in [0, 0.1) is 10.1 Å². The molecule has 0 saturated carbocycles. The fourth-order valence-electron chi connectivity index (χ4n) is 4.02. The molecule has 0 saturated heterocycles. The standard InChI is InChI=1S/C20H23N5O5/c1-23-17(14-5-2-3-6-15(14)22-23)12-21-19(26)7-4-10-24-16-9-8-13(25(28)29)11-18(16)30-20(24)27/h8-9,11H,2-7,10,12H2,1H3,(H,21,26). The highest BCUT2D eigenvalue weighted by atomic mass is 16.6. The van der Waals surface area contributed by atoms with E-state index in [1.165, 1.54) is 28.3 Å². The molecule has 4 rings (SSSR count). The third-order valence-electron chi connectivity index (χ3n) is 5.55. The van der Waals surface area contributed by atoms with Gasteiger partial charge in [0, 0.05) is 26.1 Å². The predicted octanol–water partition coefficient (Wildman–Crippen LogP) is 2.21. The number of aromatic nitrogens is 3. The number of amides is 1. The number of rotatable bonds is 7. The van der Waals surface area contributed by atoms with Crippen LogP contribution in [-0.2, 0) is 37.8 Å².